The van der Waals surface area contributed by atoms with Gasteiger partial charge in [-0.1, -0.05) is 26.0 Å². The molecule has 2 rings (SSSR count). The number of hydrogen-bond donors (Lipinski definition) is 0. The molecule has 0 aliphatic heterocycles. The lowest BCUT2D eigenvalue weighted by Gasteiger charge is -2.07. The molecule has 2 aromatic rings. The molecule has 168 valence electrons. The van der Waals surface area contributed by atoms with Crippen LogP contribution in [0.4, 0.5) is 0 Å². The first-order valence-electron chi connectivity index (χ1n) is 11.2. The first-order valence-corrected chi connectivity index (χ1v) is 11.2. The quantitative estimate of drug-likeness (QED) is 0.156. The van der Waals surface area contributed by atoms with Gasteiger partial charge in [0.15, 0.2) is 11.6 Å². The van der Waals surface area contributed by atoms with E-state index in [1.165, 1.54) is 0 Å². The van der Waals surface area contributed by atoms with Gasteiger partial charge in [0.25, 0.3) is 0 Å². The largest absolute Gasteiger partial charge is 0.490 e. The van der Waals surface area contributed by atoms with Gasteiger partial charge in [0.05, 0.1) is 19.0 Å². The van der Waals surface area contributed by atoms with E-state index in [-0.39, 0.29) is 5.97 Å². The van der Waals surface area contributed by atoms with Crippen molar-refractivity contribution in [2.24, 2.45) is 0 Å². The van der Waals surface area contributed by atoms with Crippen LogP contribution in [0.25, 0.3) is 11.4 Å². The Bertz CT molecular complexity index is 773. The number of allylic oxidation sites excluding steroid dienone is 2. The molecule has 0 radical (unpaired) electrons. The Morgan fingerprint density at radius 3 is 2.35 bits per heavy atom. The Labute approximate surface area is 185 Å². The third-order valence-electron chi connectivity index (χ3n) is 4.43. The predicted molar refractivity (Wildman–Crippen MR) is 122 cm³/mol. The fourth-order valence-electron chi connectivity index (χ4n) is 2.79. The third kappa shape index (κ3) is 10.2. The number of unbranched alkanes of at least 4 members (excludes halogenated alkanes) is 2. The minimum absolute atomic E-state index is 0.215. The molecule has 1 aromatic carbocycles. The third-order valence-corrected chi connectivity index (χ3v) is 4.43. The lowest BCUT2D eigenvalue weighted by molar-refractivity contribution is -0.134. The van der Waals surface area contributed by atoms with Crippen molar-refractivity contribution in [3.8, 4) is 22.9 Å². The van der Waals surface area contributed by atoms with Crippen molar-refractivity contribution < 1.29 is 19.0 Å². The molecule has 0 saturated heterocycles. The smallest absolute Gasteiger partial charge is 0.311 e. The first-order chi connectivity index (χ1) is 15.2. The van der Waals surface area contributed by atoms with Crippen molar-refractivity contribution in [3.63, 3.8) is 0 Å². The molecule has 6 nitrogen and oxygen atoms in total. The van der Waals surface area contributed by atoms with Gasteiger partial charge in [-0.05, 0) is 62.8 Å². The highest BCUT2D eigenvalue weighted by Crippen LogP contribution is 2.21. The lowest BCUT2D eigenvalue weighted by Crippen LogP contribution is -2.07. The summed E-state index contributed by atoms with van der Waals surface area (Å²) in [5, 5.41) is 0. The van der Waals surface area contributed by atoms with E-state index >= 15 is 0 Å². The zero-order chi connectivity index (χ0) is 22.2. The minimum atomic E-state index is -0.215. The highest BCUT2D eigenvalue weighted by atomic mass is 16.5. The number of hydrogen-bond acceptors (Lipinski definition) is 6. The van der Waals surface area contributed by atoms with Crippen molar-refractivity contribution in [1.82, 2.24) is 9.97 Å². The van der Waals surface area contributed by atoms with Crippen molar-refractivity contribution in [1.29, 1.82) is 0 Å². The highest BCUT2D eigenvalue weighted by molar-refractivity contribution is 5.72. The van der Waals surface area contributed by atoms with E-state index in [1.54, 1.807) is 24.5 Å². The van der Waals surface area contributed by atoms with Gasteiger partial charge in [-0.2, -0.15) is 0 Å². The second-order valence-electron chi connectivity index (χ2n) is 7.18. The monoisotopic (exact) mass is 426 g/mol. The molecule has 1 heterocycles. The van der Waals surface area contributed by atoms with Gasteiger partial charge < -0.3 is 14.2 Å². The number of aromatic nitrogens is 2. The van der Waals surface area contributed by atoms with Crippen LogP contribution in [0.3, 0.4) is 0 Å². The molecule has 0 spiro atoms. The Balaban J connectivity index is 1.73. The first kappa shape index (κ1) is 24.5. The molecular weight excluding hydrogens is 392 g/mol. The van der Waals surface area contributed by atoms with Crippen LogP contribution >= 0.6 is 0 Å². The summed E-state index contributed by atoms with van der Waals surface area (Å²) in [7, 11) is 0. The second kappa shape index (κ2) is 15.1. The predicted octanol–water partition coefficient (Wildman–Crippen LogP) is 5.77. The van der Waals surface area contributed by atoms with Crippen LogP contribution in [0.2, 0.25) is 0 Å². The molecule has 0 N–H and O–H groups in total. The lowest BCUT2D eigenvalue weighted by atomic mass is 10.2. The van der Waals surface area contributed by atoms with Crippen molar-refractivity contribution >= 4 is 5.97 Å². The summed E-state index contributed by atoms with van der Waals surface area (Å²) in [6.07, 6.45) is 13.6. The van der Waals surface area contributed by atoms with Crippen molar-refractivity contribution in [3.05, 3.63) is 48.8 Å². The fourth-order valence-corrected chi connectivity index (χ4v) is 2.79. The molecule has 0 amide bonds. The van der Waals surface area contributed by atoms with Gasteiger partial charge in [-0.25, -0.2) is 9.97 Å². The van der Waals surface area contributed by atoms with E-state index in [2.05, 4.69) is 36.0 Å². The van der Waals surface area contributed by atoms with Crippen LogP contribution in [0, 0.1) is 0 Å². The average molecular weight is 427 g/mol. The van der Waals surface area contributed by atoms with Crippen LogP contribution in [0.1, 0.15) is 58.8 Å². The maximum atomic E-state index is 11.9. The number of nitrogens with zero attached hydrogens (tertiary/aromatic N) is 2. The van der Waals surface area contributed by atoms with Gasteiger partial charge in [0.2, 0.25) is 0 Å². The molecule has 0 fully saturated rings. The van der Waals surface area contributed by atoms with Gasteiger partial charge in [0, 0.05) is 25.2 Å². The van der Waals surface area contributed by atoms with Crippen LogP contribution in [0.5, 0.6) is 11.5 Å². The molecule has 0 unspecified atom stereocenters. The molecule has 0 saturated carbocycles. The number of esters is 1. The highest BCUT2D eigenvalue weighted by Gasteiger charge is 2.06. The van der Waals surface area contributed by atoms with Gasteiger partial charge >= 0.3 is 5.97 Å². The van der Waals surface area contributed by atoms with E-state index in [4.69, 9.17) is 14.2 Å². The van der Waals surface area contributed by atoms with Crippen LogP contribution in [0.15, 0.2) is 48.8 Å². The summed E-state index contributed by atoms with van der Waals surface area (Å²) >= 11 is 0. The Hall–Kier alpha value is -2.73. The topological polar surface area (TPSA) is 70.5 Å². The minimum Gasteiger partial charge on any atom is -0.490 e. The van der Waals surface area contributed by atoms with E-state index in [0.717, 1.165) is 57.3 Å². The fraction of sp³-hybridized carbons (Fsp3) is 0.480. The van der Waals surface area contributed by atoms with Gasteiger partial charge in [-0.15, -0.1) is 0 Å². The summed E-state index contributed by atoms with van der Waals surface area (Å²) in [5.74, 6) is 1.56. The summed E-state index contributed by atoms with van der Waals surface area (Å²) in [6.45, 7) is 6.40. The van der Waals surface area contributed by atoms with Crippen LogP contribution < -0.4 is 9.47 Å². The maximum Gasteiger partial charge on any atom is 0.311 e. The molecular formula is C25H34N2O4. The number of ether oxygens (including phenoxy) is 3. The molecule has 0 aliphatic carbocycles. The van der Waals surface area contributed by atoms with Gasteiger partial charge in [-0.3, -0.25) is 4.79 Å². The Morgan fingerprint density at radius 1 is 0.903 bits per heavy atom. The second-order valence-corrected chi connectivity index (χ2v) is 7.18. The molecule has 1 aromatic heterocycles. The zero-order valence-electron chi connectivity index (χ0n) is 18.7. The Kier molecular flexibility index (Phi) is 12.0. The number of benzene rings is 1. The van der Waals surface area contributed by atoms with E-state index in [9.17, 15) is 4.79 Å². The van der Waals surface area contributed by atoms with Crippen LogP contribution in [-0.2, 0) is 9.53 Å². The number of rotatable bonds is 15. The zero-order valence-corrected chi connectivity index (χ0v) is 18.7. The van der Waals surface area contributed by atoms with Crippen molar-refractivity contribution in [2.75, 3.05) is 19.8 Å². The SMILES string of the molecule is CC/C=C\CCCC(=O)Oc1ccc(-c2ncc(OCCCCOCCC)cn2)cc1. The molecule has 0 aliphatic rings. The summed E-state index contributed by atoms with van der Waals surface area (Å²) in [5.41, 5.74) is 0.851. The average Bonchev–Trinajstić information content (AvgIpc) is 2.79. The van der Waals surface area contributed by atoms with E-state index in [0.29, 0.717) is 30.4 Å². The van der Waals surface area contributed by atoms with E-state index < -0.39 is 0 Å². The summed E-state index contributed by atoms with van der Waals surface area (Å²) in [6, 6.07) is 7.22. The standard InChI is InChI=1S/C25H34N2O4/c1-3-5-6-7-8-11-24(28)31-22-14-12-21(13-15-22)25-26-19-23(20-27-25)30-18-10-9-17-29-16-4-2/h5-6,12-15,19-20H,3-4,7-11,16-18H2,1-2H3/b6-5-. The number of carbonyl (C=O) groups is 1. The van der Waals surface area contributed by atoms with Crippen molar-refractivity contribution in [2.45, 2.75) is 58.8 Å². The number of carbonyl (C=O) groups excluding carboxylic acids is 1. The molecule has 0 bridgehead atoms. The summed E-state index contributed by atoms with van der Waals surface area (Å²) in [4.78, 5) is 20.7. The summed E-state index contributed by atoms with van der Waals surface area (Å²) < 4.78 is 16.5. The molecule has 31 heavy (non-hydrogen) atoms. The van der Waals surface area contributed by atoms with E-state index in [1.807, 2.05) is 12.1 Å². The van der Waals surface area contributed by atoms with Gasteiger partial charge in [0.1, 0.15) is 5.75 Å². The molecule has 0 atom stereocenters. The molecule has 6 heteroatoms. The van der Waals surface area contributed by atoms with Crippen LogP contribution in [-0.4, -0.2) is 35.8 Å². The normalized spacial score (nSPS) is 11.0. The maximum absolute atomic E-state index is 11.9. The Morgan fingerprint density at radius 2 is 1.65 bits per heavy atom.